The number of esters is 1. The van der Waals surface area contributed by atoms with E-state index in [1.54, 1.807) is 0 Å². The molecular formula is C39H70O4. The maximum Gasteiger partial charge on any atom is 0.516 e. The summed E-state index contributed by atoms with van der Waals surface area (Å²) in [5.41, 5.74) is 0. The van der Waals surface area contributed by atoms with Gasteiger partial charge in [-0.15, -0.1) is 0 Å². The van der Waals surface area contributed by atoms with Gasteiger partial charge in [0.2, 0.25) is 0 Å². The summed E-state index contributed by atoms with van der Waals surface area (Å²) >= 11 is 0. The van der Waals surface area contributed by atoms with Crippen LogP contribution in [0.25, 0.3) is 0 Å². The molecule has 4 heteroatoms. The maximum atomic E-state index is 11.8. The van der Waals surface area contributed by atoms with E-state index in [1.165, 1.54) is 116 Å². The summed E-state index contributed by atoms with van der Waals surface area (Å²) in [7, 11) is 0. The lowest BCUT2D eigenvalue weighted by atomic mass is 10.0. The third kappa shape index (κ3) is 36.3. The van der Waals surface area contributed by atoms with E-state index in [9.17, 15) is 9.59 Å². The van der Waals surface area contributed by atoms with Crippen molar-refractivity contribution in [2.75, 3.05) is 6.61 Å². The Bertz CT molecular complexity index is 679. The molecule has 0 N–H and O–H groups in total. The van der Waals surface area contributed by atoms with Gasteiger partial charge in [0.15, 0.2) is 0 Å². The van der Waals surface area contributed by atoms with Gasteiger partial charge in [0.1, 0.15) is 0 Å². The molecule has 4 nitrogen and oxygen atoms in total. The molecule has 0 amide bonds. The van der Waals surface area contributed by atoms with Crippen molar-refractivity contribution < 1.29 is 19.1 Å². The van der Waals surface area contributed by atoms with Gasteiger partial charge in [-0.25, -0.2) is 4.79 Å². The number of carbonyl (C=O) groups is 2. The number of allylic oxidation sites excluding steroid dienone is 6. The van der Waals surface area contributed by atoms with E-state index in [0.717, 1.165) is 57.8 Å². The molecule has 43 heavy (non-hydrogen) atoms. The standard InChI is InChI=1S/C39H70O4/c1-3-5-7-9-11-13-15-17-19-20-21-23-25-27-29-31-33-35-37-42-39(41)43-38(40)36-34-32-30-28-26-24-22-18-16-14-12-10-8-6-4-2/h6,8,12,14,18,22H,3-5,7,9-11,13,15-17,19-21,23-37H2,1-2H3/b8-6-,14-12-,22-18-. The molecule has 0 rings (SSSR count). The second-order valence-corrected chi connectivity index (χ2v) is 12.2. The average molecular weight is 603 g/mol. The van der Waals surface area contributed by atoms with Crippen LogP contribution >= 0.6 is 0 Å². The van der Waals surface area contributed by atoms with Gasteiger partial charge < -0.3 is 9.47 Å². The van der Waals surface area contributed by atoms with Crippen LogP contribution in [0.1, 0.15) is 194 Å². The van der Waals surface area contributed by atoms with Crippen molar-refractivity contribution in [2.45, 2.75) is 194 Å². The Morgan fingerprint density at radius 1 is 0.465 bits per heavy atom. The molecular weight excluding hydrogens is 532 g/mol. The van der Waals surface area contributed by atoms with E-state index in [0.29, 0.717) is 6.61 Å². The average Bonchev–Trinajstić information content (AvgIpc) is 3.00. The number of rotatable bonds is 32. The normalized spacial score (nSPS) is 11.8. The Morgan fingerprint density at radius 2 is 0.884 bits per heavy atom. The first-order chi connectivity index (χ1) is 21.2. The summed E-state index contributed by atoms with van der Waals surface area (Å²) in [5.74, 6) is -0.469. The number of hydrogen-bond donors (Lipinski definition) is 0. The fraction of sp³-hybridized carbons (Fsp3) is 0.795. The van der Waals surface area contributed by atoms with Crippen LogP contribution in [0.2, 0.25) is 0 Å². The fourth-order valence-electron chi connectivity index (χ4n) is 5.22. The Balaban J connectivity index is 3.34. The summed E-state index contributed by atoms with van der Waals surface area (Å²) in [5, 5.41) is 0. The first kappa shape index (κ1) is 41.2. The van der Waals surface area contributed by atoms with Crippen molar-refractivity contribution in [2.24, 2.45) is 0 Å². The molecule has 0 saturated heterocycles. The second-order valence-electron chi connectivity index (χ2n) is 12.2. The van der Waals surface area contributed by atoms with Crippen molar-refractivity contribution in [3.8, 4) is 0 Å². The van der Waals surface area contributed by atoms with Crippen LogP contribution in [-0.2, 0) is 14.3 Å². The highest BCUT2D eigenvalue weighted by atomic mass is 16.7. The predicted molar refractivity (Wildman–Crippen MR) is 185 cm³/mol. The summed E-state index contributed by atoms with van der Waals surface area (Å²) in [6, 6.07) is 0. The lowest BCUT2D eigenvalue weighted by Gasteiger charge is -2.06. The van der Waals surface area contributed by atoms with Crippen LogP contribution in [0.3, 0.4) is 0 Å². The molecule has 0 fully saturated rings. The van der Waals surface area contributed by atoms with Crippen LogP contribution < -0.4 is 0 Å². The van der Waals surface area contributed by atoms with Gasteiger partial charge in [-0.3, -0.25) is 4.79 Å². The molecule has 0 heterocycles. The summed E-state index contributed by atoms with van der Waals surface area (Å²) in [4.78, 5) is 23.6. The van der Waals surface area contributed by atoms with Gasteiger partial charge in [-0.2, -0.15) is 0 Å². The molecule has 250 valence electrons. The van der Waals surface area contributed by atoms with Crippen molar-refractivity contribution in [1.29, 1.82) is 0 Å². The van der Waals surface area contributed by atoms with Gasteiger partial charge in [0, 0.05) is 6.42 Å². The minimum atomic E-state index is -0.837. The number of unbranched alkanes of at least 4 members (excludes halogenated alkanes) is 22. The molecule has 0 bridgehead atoms. The Hall–Kier alpha value is -1.84. The van der Waals surface area contributed by atoms with E-state index in [-0.39, 0.29) is 6.42 Å². The van der Waals surface area contributed by atoms with Crippen molar-refractivity contribution in [1.82, 2.24) is 0 Å². The van der Waals surface area contributed by atoms with Gasteiger partial charge in [0.25, 0.3) is 0 Å². The van der Waals surface area contributed by atoms with Crippen LogP contribution in [0.5, 0.6) is 0 Å². The number of carbonyl (C=O) groups excluding carboxylic acids is 2. The molecule has 0 saturated carbocycles. The van der Waals surface area contributed by atoms with Crippen LogP contribution in [0.4, 0.5) is 4.79 Å². The molecule has 0 aromatic carbocycles. The highest BCUT2D eigenvalue weighted by molar-refractivity contribution is 5.81. The van der Waals surface area contributed by atoms with E-state index in [4.69, 9.17) is 9.47 Å². The number of hydrogen-bond acceptors (Lipinski definition) is 4. The molecule has 0 unspecified atom stereocenters. The fourth-order valence-corrected chi connectivity index (χ4v) is 5.22. The summed E-state index contributed by atoms with van der Waals surface area (Å²) < 4.78 is 9.86. The predicted octanol–water partition coefficient (Wildman–Crippen LogP) is 13.3. The summed E-state index contributed by atoms with van der Waals surface area (Å²) in [6.07, 6.45) is 46.1. The quantitative estimate of drug-likeness (QED) is 0.0332. The minimum Gasteiger partial charge on any atom is -0.434 e. The minimum absolute atomic E-state index is 0.286. The van der Waals surface area contributed by atoms with E-state index < -0.39 is 12.1 Å². The van der Waals surface area contributed by atoms with Gasteiger partial charge in [-0.1, -0.05) is 179 Å². The Labute approximate surface area is 267 Å². The second kappa shape index (κ2) is 36.4. The molecule has 0 spiro atoms. The van der Waals surface area contributed by atoms with Crippen molar-refractivity contribution >= 4 is 12.1 Å². The molecule has 0 aliphatic heterocycles. The molecule has 0 aromatic heterocycles. The largest absolute Gasteiger partial charge is 0.516 e. The lowest BCUT2D eigenvalue weighted by Crippen LogP contribution is -2.14. The highest BCUT2D eigenvalue weighted by Crippen LogP contribution is 2.14. The third-order valence-corrected chi connectivity index (χ3v) is 7.95. The van der Waals surface area contributed by atoms with Crippen molar-refractivity contribution in [3.63, 3.8) is 0 Å². The SMILES string of the molecule is CC/C=C\C/C=C\C/C=C\CCCCCCCC(=O)OC(=O)OCCCCCCCCCCCCCCCCCCCC. The third-order valence-electron chi connectivity index (χ3n) is 7.95. The zero-order valence-corrected chi connectivity index (χ0v) is 28.6. The Morgan fingerprint density at radius 3 is 1.40 bits per heavy atom. The van der Waals surface area contributed by atoms with E-state index in [1.807, 2.05) is 0 Å². The first-order valence-electron chi connectivity index (χ1n) is 18.5. The van der Waals surface area contributed by atoms with E-state index >= 15 is 0 Å². The lowest BCUT2D eigenvalue weighted by molar-refractivity contribution is -0.139. The highest BCUT2D eigenvalue weighted by Gasteiger charge is 2.11. The van der Waals surface area contributed by atoms with Crippen LogP contribution in [0, 0.1) is 0 Å². The Kier molecular flexibility index (Phi) is 34.8. The van der Waals surface area contributed by atoms with E-state index in [2.05, 4.69) is 50.3 Å². The molecule has 0 radical (unpaired) electrons. The van der Waals surface area contributed by atoms with Crippen LogP contribution in [-0.4, -0.2) is 18.7 Å². The zero-order valence-electron chi connectivity index (χ0n) is 28.6. The topological polar surface area (TPSA) is 52.6 Å². The molecule has 0 atom stereocenters. The zero-order chi connectivity index (χ0) is 31.3. The van der Waals surface area contributed by atoms with Gasteiger partial charge >= 0.3 is 12.1 Å². The molecule has 0 aromatic rings. The maximum absolute atomic E-state index is 11.8. The monoisotopic (exact) mass is 603 g/mol. The summed E-state index contributed by atoms with van der Waals surface area (Å²) in [6.45, 7) is 4.77. The van der Waals surface area contributed by atoms with Gasteiger partial charge in [0.05, 0.1) is 6.61 Å². The molecule has 0 aliphatic carbocycles. The first-order valence-corrected chi connectivity index (χ1v) is 18.5. The van der Waals surface area contributed by atoms with Gasteiger partial charge in [-0.05, 0) is 44.9 Å². The number of ether oxygens (including phenoxy) is 2. The smallest absolute Gasteiger partial charge is 0.434 e. The van der Waals surface area contributed by atoms with Crippen LogP contribution in [0.15, 0.2) is 36.5 Å². The molecule has 0 aliphatic rings. The van der Waals surface area contributed by atoms with Crippen molar-refractivity contribution in [3.05, 3.63) is 36.5 Å².